The molecule has 1 saturated heterocycles. The number of aromatic nitrogens is 4. The first kappa shape index (κ1) is 10.5. The van der Waals surface area contributed by atoms with Crippen molar-refractivity contribution in [2.24, 2.45) is 18.7 Å². The standard InChI is InChI=1S/C9H17N5O/c1-6-3-4-15-9(6)7(10)5-8-11-13-14(2)12-8/h6-7,9H,3-5,10H2,1-2H3. The molecule has 84 valence electrons. The molecule has 1 aromatic rings. The van der Waals surface area contributed by atoms with Crippen molar-refractivity contribution in [3.63, 3.8) is 0 Å². The fourth-order valence-electron chi connectivity index (χ4n) is 2.00. The molecule has 0 spiro atoms. The zero-order valence-electron chi connectivity index (χ0n) is 9.13. The predicted octanol–water partition coefficient (Wildman–Crippen LogP) is -0.495. The van der Waals surface area contributed by atoms with Crippen LogP contribution in [0, 0.1) is 5.92 Å². The van der Waals surface area contributed by atoms with Crippen LogP contribution in [0.2, 0.25) is 0 Å². The quantitative estimate of drug-likeness (QED) is 0.729. The minimum absolute atomic E-state index is 0.0355. The Bertz CT molecular complexity index is 326. The molecule has 15 heavy (non-hydrogen) atoms. The van der Waals surface area contributed by atoms with Crippen LogP contribution in [0.1, 0.15) is 19.2 Å². The maximum absolute atomic E-state index is 6.07. The highest BCUT2D eigenvalue weighted by molar-refractivity contribution is 4.90. The Morgan fingerprint density at radius 1 is 1.67 bits per heavy atom. The van der Waals surface area contributed by atoms with Gasteiger partial charge in [0.2, 0.25) is 0 Å². The molecule has 6 heteroatoms. The van der Waals surface area contributed by atoms with E-state index >= 15 is 0 Å². The van der Waals surface area contributed by atoms with Crippen molar-refractivity contribution in [3.05, 3.63) is 5.82 Å². The first-order valence-electron chi connectivity index (χ1n) is 5.27. The summed E-state index contributed by atoms with van der Waals surface area (Å²) in [6, 6.07) is -0.0355. The van der Waals surface area contributed by atoms with Crippen molar-refractivity contribution >= 4 is 0 Å². The maximum Gasteiger partial charge on any atom is 0.176 e. The van der Waals surface area contributed by atoms with E-state index in [0.717, 1.165) is 13.0 Å². The van der Waals surface area contributed by atoms with Gasteiger partial charge in [0.15, 0.2) is 5.82 Å². The van der Waals surface area contributed by atoms with Crippen molar-refractivity contribution in [1.82, 2.24) is 20.2 Å². The number of ether oxygens (including phenoxy) is 1. The van der Waals surface area contributed by atoms with Crippen molar-refractivity contribution in [1.29, 1.82) is 0 Å². The lowest BCUT2D eigenvalue weighted by molar-refractivity contribution is 0.0721. The van der Waals surface area contributed by atoms with E-state index in [0.29, 0.717) is 18.2 Å². The van der Waals surface area contributed by atoms with Gasteiger partial charge < -0.3 is 10.5 Å². The van der Waals surface area contributed by atoms with Crippen molar-refractivity contribution < 1.29 is 4.74 Å². The van der Waals surface area contributed by atoms with Crippen LogP contribution in [0.4, 0.5) is 0 Å². The van der Waals surface area contributed by atoms with E-state index in [2.05, 4.69) is 22.3 Å². The molecule has 2 heterocycles. The number of hydrogen-bond donors (Lipinski definition) is 1. The van der Waals surface area contributed by atoms with E-state index < -0.39 is 0 Å². The predicted molar refractivity (Wildman–Crippen MR) is 54.0 cm³/mol. The van der Waals surface area contributed by atoms with Crippen LogP contribution < -0.4 is 5.73 Å². The summed E-state index contributed by atoms with van der Waals surface area (Å²) >= 11 is 0. The molecule has 2 rings (SSSR count). The third-order valence-electron chi connectivity index (χ3n) is 2.83. The second kappa shape index (κ2) is 4.24. The first-order valence-corrected chi connectivity index (χ1v) is 5.27. The highest BCUT2D eigenvalue weighted by Crippen LogP contribution is 2.22. The highest BCUT2D eigenvalue weighted by atomic mass is 16.5. The number of aryl methyl sites for hydroxylation is 1. The summed E-state index contributed by atoms with van der Waals surface area (Å²) in [7, 11) is 1.75. The van der Waals surface area contributed by atoms with Crippen LogP contribution in [0.3, 0.4) is 0 Å². The highest BCUT2D eigenvalue weighted by Gasteiger charge is 2.30. The van der Waals surface area contributed by atoms with Gasteiger partial charge in [0.05, 0.1) is 13.2 Å². The van der Waals surface area contributed by atoms with Crippen LogP contribution in [0.15, 0.2) is 0 Å². The average molecular weight is 211 g/mol. The number of hydrogen-bond acceptors (Lipinski definition) is 5. The minimum Gasteiger partial charge on any atom is -0.376 e. The molecule has 0 saturated carbocycles. The number of nitrogens with two attached hydrogens (primary N) is 1. The molecular weight excluding hydrogens is 194 g/mol. The third-order valence-corrected chi connectivity index (χ3v) is 2.83. The molecule has 6 nitrogen and oxygen atoms in total. The summed E-state index contributed by atoms with van der Waals surface area (Å²) in [4.78, 5) is 1.45. The molecule has 3 unspecified atom stereocenters. The minimum atomic E-state index is -0.0355. The molecule has 0 amide bonds. The zero-order valence-corrected chi connectivity index (χ0v) is 9.13. The maximum atomic E-state index is 6.07. The van der Waals surface area contributed by atoms with E-state index in [1.807, 2.05) is 0 Å². The Hall–Kier alpha value is -1.01. The number of nitrogens with zero attached hydrogens (tertiary/aromatic N) is 4. The number of tetrazole rings is 1. The number of rotatable bonds is 3. The summed E-state index contributed by atoms with van der Waals surface area (Å²) in [6.07, 6.45) is 1.85. The molecule has 1 aliphatic heterocycles. The molecule has 0 aliphatic carbocycles. The van der Waals surface area contributed by atoms with Gasteiger partial charge in [-0.3, -0.25) is 0 Å². The smallest absolute Gasteiger partial charge is 0.176 e. The van der Waals surface area contributed by atoms with Gasteiger partial charge in [-0.2, -0.15) is 4.80 Å². The Morgan fingerprint density at radius 3 is 3.00 bits per heavy atom. The van der Waals surface area contributed by atoms with E-state index in [1.54, 1.807) is 7.05 Å². The van der Waals surface area contributed by atoms with E-state index in [4.69, 9.17) is 10.5 Å². The van der Waals surface area contributed by atoms with Gasteiger partial charge in [0.1, 0.15) is 0 Å². The van der Waals surface area contributed by atoms with Gasteiger partial charge in [0, 0.05) is 19.1 Å². The van der Waals surface area contributed by atoms with Gasteiger partial charge >= 0.3 is 0 Å². The molecule has 1 aromatic heterocycles. The van der Waals surface area contributed by atoms with Crippen molar-refractivity contribution in [2.75, 3.05) is 6.61 Å². The summed E-state index contributed by atoms with van der Waals surface area (Å²) in [6.45, 7) is 2.98. The lowest BCUT2D eigenvalue weighted by Gasteiger charge is -2.20. The van der Waals surface area contributed by atoms with Crippen LogP contribution in [0.5, 0.6) is 0 Å². The Balaban J connectivity index is 1.94. The topological polar surface area (TPSA) is 78.9 Å². The Morgan fingerprint density at radius 2 is 2.47 bits per heavy atom. The molecule has 0 bridgehead atoms. The first-order chi connectivity index (χ1) is 7.16. The fraction of sp³-hybridized carbons (Fsp3) is 0.889. The summed E-state index contributed by atoms with van der Waals surface area (Å²) in [5.74, 6) is 1.21. The van der Waals surface area contributed by atoms with Gasteiger partial charge in [-0.15, -0.1) is 10.2 Å². The van der Waals surface area contributed by atoms with Gasteiger partial charge in [-0.25, -0.2) is 0 Å². The summed E-state index contributed by atoms with van der Waals surface area (Å²) in [5.41, 5.74) is 6.07. The van der Waals surface area contributed by atoms with Gasteiger partial charge in [0.25, 0.3) is 0 Å². The second-order valence-corrected chi connectivity index (χ2v) is 4.16. The van der Waals surface area contributed by atoms with Crippen molar-refractivity contribution in [2.45, 2.75) is 31.9 Å². The third kappa shape index (κ3) is 2.32. The molecule has 0 aromatic carbocycles. The lowest BCUT2D eigenvalue weighted by atomic mass is 9.96. The van der Waals surface area contributed by atoms with Gasteiger partial charge in [-0.1, -0.05) is 6.92 Å². The SMILES string of the molecule is CC1CCOC1C(N)Cc1nnn(C)n1. The van der Waals surface area contributed by atoms with Crippen LogP contribution >= 0.6 is 0 Å². The Labute approximate surface area is 88.8 Å². The van der Waals surface area contributed by atoms with Crippen LogP contribution in [-0.2, 0) is 18.2 Å². The molecular formula is C9H17N5O. The fourth-order valence-corrected chi connectivity index (χ4v) is 2.00. The molecule has 2 N–H and O–H groups in total. The van der Waals surface area contributed by atoms with Gasteiger partial charge in [-0.05, 0) is 17.6 Å². The van der Waals surface area contributed by atoms with E-state index in [1.165, 1.54) is 4.80 Å². The molecule has 1 fully saturated rings. The molecule has 3 atom stereocenters. The zero-order chi connectivity index (χ0) is 10.8. The molecule has 0 radical (unpaired) electrons. The second-order valence-electron chi connectivity index (χ2n) is 4.16. The normalized spacial score (nSPS) is 28.2. The van der Waals surface area contributed by atoms with E-state index in [9.17, 15) is 0 Å². The average Bonchev–Trinajstić information content (AvgIpc) is 2.75. The monoisotopic (exact) mass is 211 g/mol. The largest absolute Gasteiger partial charge is 0.376 e. The van der Waals surface area contributed by atoms with Crippen molar-refractivity contribution in [3.8, 4) is 0 Å². The summed E-state index contributed by atoms with van der Waals surface area (Å²) < 4.78 is 5.60. The van der Waals surface area contributed by atoms with E-state index in [-0.39, 0.29) is 12.1 Å². The van der Waals surface area contributed by atoms with Crippen LogP contribution in [-0.4, -0.2) is 39.0 Å². The Kier molecular flexibility index (Phi) is 2.97. The summed E-state index contributed by atoms with van der Waals surface area (Å²) in [5, 5.41) is 11.8. The van der Waals surface area contributed by atoms with Crippen LogP contribution in [0.25, 0.3) is 0 Å². The lowest BCUT2D eigenvalue weighted by Crippen LogP contribution is -2.39. The molecule has 1 aliphatic rings.